The third-order valence-electron chi connectivity index (χ3n) is 4.08. The maximum absolute atomic E-state index is 13.6. The number of hydrogen-bond acceptors (Lipinski definition) is 3. The zero-order valence-electron chi connectivity index (χ0n) is 13.3. The Labute approximate surface area is 142 Å². The van der Waals surface area contributed by atoms with Crippen molar-refractivity contribution in [2.75, 3.05) is 0 Å². The van der Waals surface area contributed by atoms with E-state index in [1.807, 2.05) is 0 Å². The molecule has 9 heteroatoms. The number of urea groups is 1. The fourth-order valence-electron chi connectivity index (χ4n) is 2.75. The van der Waals surface area contributed by atoms with E-state index >= 15 is 0 Å². The minimum absolute atomic E-state index is 0.0161. The molecule has 0 heterocycles. The zero-order valence-corrected chi connectivity index (χ0v) is 13.3. The summed E-state index contributed by atoms with van der Waals surface area (Å²) >= 11 is 0. The number of carbonyl (C=O) groups is 2. The summed E-state index contributed by atoms with van der Waals surface area (Å²) in [4.78, 5) is 22.7. The quantitative estimate of drug-likeness (QED) is 0.728. The molecule has 0 spiro atoms. The Hall–Kier alpha value is -2.45. The number of nitrogens with one attached hydrogen (secondary N) is 2. The number of carboxylic acids is 1. The van der Waals surface area contributed by atoms with E-state index in [2.05, 4.69) is 15.4 Å². The second-order valence-corrected chi connectivity index (χ2v) is 5.86. The lowest BCUT2D eigenvalue weighted by Gasteiger charge is -2.26. The van der Waals surface area contributed by atoms with Crippen LogP contribution in [0.1, 0.15) is 31.2 Å². The molecule has 0 aliphatic heterocycles. The van der Waals surface area contributed by atoms with Crippen molar-refractivity contribution >= 4 is 12.0 Å². The Kier molecular flexibility index (Phi) is 6.49. The average molecular weight is 360 g/mol. The number of rotatable bonds is 6. The molecule has 0 unspecified atom stereocenters. The van der Waals surface area contributed by atoms with Crippen LogP contribution in [0.4, 0.5) is 18.0 Å². The highest BCUT2D eigenvalue weighted by Gasteiger charge is 2.26. The second-order valence-electron chi connectivity index (χ2n) is 5.86. The van der Waals surface area contributed by atoms with Gasteiger partial charge in [-0.1, -0.05) is 6.07 Å². The van der Waals surface area contributed by atoms with Gasteiger partial charge in [-0.3, -0.25) is 4.79 Å². The van der Waals surface area contributed by atoms with E-state index in [1.54, 1.807) is 0 Å². The molecule has 3 N–H and O–H groups in total. The van der Waals surface area contributed by atoms with Crippen LogP contribution in [0.5, 0.6) is 5.75 Å². The van der Waals surface area contributed by atoms with Crippen molar-refractivity contribution in [1.82, 2.24) is 10.6 Å². The number of carboxylic acid groups (broad SMARTS) is 1. The number of amides is 2. The first-order valence-electron chi connectivity index (χ1n) is 7.85. The lowest BCUT2D eigenvalue weighted by atomic mass is 9.86. The zero-order chi connectivity index (χ0) is 18.4. The van der Waals surface area contributed by atoms with Crippen molar-refractivity contribution in [2.24, 2.45) is 5.92 Å². The van der Waals surface area contributed by atoms with Gasteiger partial charge < -0.3 is 20.5 Å². The summed E-state index contributed by atoms with van der Waals surface area (Å²) in [5, 5.41) is 14.2. The van der Waals surface area contributed by atoms with Crippen molar-refractivity contribution in [3.8, 4) is 5.75 Å². The predicted molar refractivity (Wildman–Crippen MR) is 81.8 cm³/mol. The van der Waals surface area contributed by atoms with Crippen LogP contribution in [-0.2, 0) is 11.3 Å². The number of ether oxygens (including phenoxy) is 1. The Bertz CT molecular complexity index is 619. The van der Waals surface area contributed by atoms with Gasteiger partial charge in [0.05, 0.1) is 5.92 Å². The Morgan fingerprint density at radius 3 is 2.48 bits per heavy atom. The van der Waals surface area contributed by atoms with Gasteiger partial charge in [0.15, 0.2) is 11.6 Å². The van der Waals surface area contributed by atoms with E-state index in [4.69, 9.17) is 5.11 Å². The molecule has 1 aliphatic rings. The smallest absolute Gasteiger partial charge is 0.387 e. The van der Waals surface area contributed by atoms with Gasteiger partial charge in [-0.25, -0.2) is 9.18 Å². The molecule has 138 valence electrons. The standard InChI is InChI=1S/C16H19F3N2O4/c17-12-7-9(1-6-13(12)25-15(18)19)8-20-16(24)21-11-4-2-10(3-5-11)14(22)23/h1,6-7,10-11,15H,2-5,8H2,(H,22,23)(H2,20,21,24). The van der Waals surface area contributed by atoms with Crippen LogP contribution in [0.3, 0.4) is 0 Å². The molecule has 2 rings (SSSR count). The lowest BCUT2D eigenvalue weighted by Crippen LogP contribution is -2.43. The van der Waals surface area contributed by atoms with Crippen LogP contribution in [0.2, 0.25) is 0 Å². The minimum atomic E-state index is -3.11. The van der Waals surface area contributed by atoms with Crippen LogP contribution in [-0.4, -0.2) is 29.8 Å². The normalized spacial score (nSPS) is 20.2. The molecule has 1 saturated carbocycles. The number of aliphatic carboxylic acids is 1. The first-order valence-corrected chi connectivity index (χ1v) is 7.85. The highest BCUT2D eigenvalue weighted by molar-refractivity contribution is 5.74. The summed E-state index contributed by atoms with van der Waals surface area (Å²) in [6.45, 7) is -3.09. The van der Waals surface area contributed by atoms with Gasteiger partial charge in [-0.05, 0) is 43.4 Å². The Morgan fingerprint density at radius 2 is 1.92 bits per heavy atom. The molecule has 1 aromatic carbocycles. The molecule has 0 saturated heterocycles. The van der Waals surface area contributed by atoms with E-state index < -0.39 is 30.2 Å². The van der Waals surface area contributed by atoms with Gasteiger partial charge in [0.1, 0.15) is 0 Å². The van der Waals surface area contributed by atoms with Crippen LogP contribution in [0.15, 0.2) is 18.2 Å². The third-order valence-corrected chi connectivity index (χ3v) is 4.08. The predicted octanol–water partition coefficient (Wildman–Crippen LogP) is 2.87. The highest BCUT2D eigenvalue weighted by Crippen LogP contribution is 2.24. The molecule has 0 bridgehead atoms. The fourth-order valence-corrected chi connectivity index (χ4v) is 2.75. The SMILES string of the molecule is O=C(NCc1ccc(OC(F)F)c(F)c1)NC1CCC(C(=O)O)CC1. The average Bonchev–Trinajstić information content (AvgIpc) is 2.55. The maximum atomic E-state index is 13.6. The van der Waals surface area contributed by atoms with Gasteiger partial charge >= 0.3 is 18.6 Å². The van der Waals surface area contributed by atoms with E-state index in [9.17, 15) is 22.8 Å². The van der Waals surface area contributed by atoms with Crippen molar-refractivity contribution < 1.29 is 32.6 Å². The largest absolute Gasteiger partial charge is 0.481 e. The molecule has 1 aliphatic carbocycles. The molecule has 0 aromatic heterocycles. The first-order chi connectivity index (χ1) is 11.8. The first kappa shape index (κ1) is 18.9. The molecule has 0 radical (unpaired) electrons. The van der Waals surface area contributed by atoms with Gasteiger partial charge in [0.2, 0.25) is 0 Å². The summed E-state index contributed by atoms with van der Waals surface area (Å²) in [6.07, 6.45) is 2.19. The van der Waals surface area contributed by atoms with Crippen LogP contribution in [0.25, 0.3) is 0 Å². The number of hydrogen-bond donors (Lipinski definition) is 3. The molecule has 6 nitrogen and oxygen atoms in total. The Morgan fingerprint density at radius 1 is 1.24 bits per heavy atom. The van der Waals surface area contributed by atoms with E-state index in [0.29, 0.717) is 31.2 Å². The molecular weight excluding hydrogens is 341 g/mol. The molecule has 1 aromatic rings. The van der Waals surface area contributed by atoms with Crippen molar-refractivity contribution in [2.45, 2.75) is 44.9 Å². The monoisotopic (exact) mass is 360 g/mol. The summed E-state index contributed by atoms with van der Waals surface area (Å²) < 4.78 is 41.7. The summed E-state index contributed by atoms with van der Waals surface area (Å²) in [5.41, 5.74) is 0.392. The number of alkyl halides is 2. The van der Waals surface area contributed by atoms with E-state index in [1.165, 1.54) is 6.07 Å². The maximum Gasteiger partial charge on any atom is 0.387 e. The highest BCUT2D eigenvalue weighted by atomic mass is 19.3. The third kappa shape index (κ3) is 5.84. The molecule has 0 atom stereocenters. The minimum Gasteiger partial charge on any atom is -0.481 e. The van der Waals surface area contributed by atoms with Gasteiger partial charge in [-0.2, -0.15) is 8.78 Å². The summed E-state index contributed by atoms with van der Waals surface area (Å²) in [7, 11) is 0. The lowest BCUT2D eigenvalue weighted by molar-refractivity contribution is -0.142. The van der Waals surface area contributed by atoms with Gasteiger partial charge in [-0.15, -0.1) is 0 Å². The molecule has 1 fully saturated rings. The van der Waals surface area contributed by atoms with Crippen LogP contribution < -0.4 is 15.4 Å². The summed E-state index contributed by atoms with van der Waals surface area (Å²) in [5.74, 6) is -2.67. The summed E-state index contributed by atoms with van der Waals surface area (Å²) in [6, 6.07) is 2.90. The second kappa shape index (κ2) is 8.59. The van der Waals surface area contributed by atoms with Crippen molar-refractivity contribution in [1.29, 1.82) is 0 Å². The van der Waals surface area contributed by atoms with Crippen molar-refractivity contribution in [3.63, 3.8) is 0 Å². The van der Waals surface area contributed by atoms with Gasteiger partial charge in [0.25, 0.3) is 0 Å². The van der Waals surface area contributed by atoms with Crippen LogP contribution >= 0.6 is 0 Å². The number of carbonyl (C=O) groups excluding carboxylic acids is 1. The van der Waals surface area contributed by atoms with E-state index in [-0.39, 0.29) is 18.5 Å². The fraction of sp³-hybridized carbons (Fsp3) is 0.500. The number of benzene rings is 1. The van der Waals surface area contributed by atoms with Crippen LogP contribution in [0, 0.1) is 11.7 Å². The van der Waals surface area contributed by atoms with Gasteiger partial charge in [0, 0.05) is 12.6 Å². The van der Waals surface area contributed by atoms with Crippen molar-refractivity contribution in [3.05, 3.63) is 29.6 Å². The van der Waals surface area contributed by atoms with E-state index in [0.717, 1.165) is 12.1 Å². The topological polar surface area (TPSA) is 87.7 Å². The Balaban J connectivity index is 1.77. The number of halogens is 3. The molecule has 2 amide bonds. The molecular formula is C16H19F3N2O4. The molecule has 25 heavy (non-hydrogen) atoms.